The minimum absolute atomic E-state index is 0.516. The normalized spacial score (nSPS) is 12.0. The number of nitrogens with zero attached hydrogens (tertiary/aromatic N) is 4. The highest BCUT2D eigenvalue weighted by atomic mass is 32.2. The van der Waals surface area contributed by atoms with Gasteiger partial charge in [0.05, 0.1) is 11.6 Å². The van der Waals surface area contributed by atoms with Gasteiger partial charge in [0.15, 0.2) is 5.65 Å². The van der Waals surface area contributed by atoms with Crippen molar-refractivity contribution in [1.82, 2.24) is 19.2 Å². The van der Waals surface area contributed by atoms with Crippen LogP contribution < -0.4 is 0 Å². The van der Waals surface area contributed by atoms with E-state index in [0.29, 0.717) is 6.04 Å². The van der Waals surface area contributed by atoms with Crippen LogP contribution in [0.1, 0.15) is 32.7 Å². The molecule has 0 radical (unpaired) electrons. The molecule has 0 aliphatic carbocycles. The first kappa shape index (κ1) is 12.5. The van der Waals surface area contributed by atoms with Gasteiger partial charge >= 0.3 is 0 Å². The van der Waals surface area contributed by atoms with Crippen LogP contribution in [0.4, 0.5) is 0 Å². The molecule has 3 aromatic heterocycles. The lowest BCUT2D eigenvalue weighted by Gasteiger charge is -2.16. The van der Waals surface area contributed by atoms with E-state index in [9.17, 15) is 0 Å². The number of hydrogen-bond acceptors (Lipinski definition) is 3. The number of rotatable bonds is 4. The largest absolute Gasteiger partial charge is 0.329 e. The molecule has 0 unspecified atom stereocenters. The summed E-state index contributed by atoms with van der Waals surface area (Å²) in [7, 11) is 0. The molecule has 3 heterocycles. The molecule has 5 heteroatoms. The highest BCUT2D eigenvalue weighted by Crippen LogP contribution is 2.30. The van der Waals surface area contributed by atoms with Gasteiger partial charge in [-0.05, 0) is 25.2 Å². The quantitative estimate of drug-likeness (QED) is 0.536. The molecular weight excluding hydrogens is 256 g/mol. The molecule has 100 valence electrons. The van der Waals surface area contributed by atoms with E-state index in [1.54, 1.807) is 11.8 Å². The molecule has 0 atom stereocenters. The van der Waals surface area contributed by atoms with Crippen LogP contribution in [0.2, 0.25) is 0 Å². The van der Waals surface area contributed by atoms with Crippen LogP contribution in [0, 0.1) is 0 Å². The molecule has 0 aliphatic rings. The zero-order valence-corrected chi connectivity index (χ0v) is 12.3. The van der Waals surface area contributed by atoms with Crippen molar-refractivity contribution in [2.24, 2.45) is 0 Å². The molecule has 3 aromatic rings. The Morgan fingerprint density at radius 1 is 1.26 bits per heavy atom. The zero-order chi connectivity index (χ0) is 13.4. The van der Waals surface area contributed by atoms with Crippen molar-refractivity contribution in [3.63, 3.8) is 0 Å². The lowest BCUT2D eigenvalue weighted by Crippen LogP contribution is -2.08. The van der Waals surface area contributed by atoms with Crippen molar-refractivity contribution in [2.45, 2.75) is 37.8 Å². The Morgan fingerprint density at radius 3 is 2.74 bits per heavy atom. The Hall–Kier alpha value is -1.49. The van der Waals surface area contributed by atoms with Gasteiger partial charge < -0.3 is 4.57 Å². The molecule has 0 bridgehead atoms. The molecule has 0 saturated carbocycles. The van der Waals surface area contributed by atoms with Crippen molar-refractivity contribution >= 4 is 28.4 Å². The summed E-state index contributed by atoms with van der Waals surface area (Å²) >= 11 is 1.69. The van der Waals surface area contributed by atoms with Crippen molar-refractivity contribution < 1.29 is 0 Å². The fourth-order valence-electron chi connectivity index (χ4n) is 2.67. The lowest BCUT2D eigenvalue weighted by atomic mass is 10.2. The number of fused-ring (bicyclic) bond motifs is 3. The predicted octanol–water partition coefficient (Wildman–Crippen LogP) is 3.77. The highest BCUT2D eigenvalue weighted by Gasteiger charge is 2.16. The van der Waals surface area contributed by atoms with Crippen LogP contribution in [0.15, 0.2) is 29.6 Å². The van der Waals surface area contributed by atoms with Gasteiger partial charge in [-0.3, -0.25) is 0 Å². The zero-order valence-electron chi connectivity index (χ0n) is 11.5. The van der Waals surface area contributed by atoms with Gasteiger partial charge in [-0.2, -0.15) is 9.61 Å². The Kier molecular flexibility index (Phi) is 3.22. The minimum atomic E-state index is 0.516. The van der Waals surface area contributed by atoms with Crippen LogP contribution in [0.3, 0.4) is 0 Å². The third-order valence-electron chi connectivity index (χ3n) is 3.69. The average Bonchev–Trinajstić information content (AvgIpc) is 3.05. The maximum Gasteiger partial charge on any atom is 0.158 e. The van der Waals surface area contributed by atoms with E-state index in [-0.39, 0.29) is 0 Å². The molecule has 0 aromatic carbocycles. The molecule has 0 spiro atoms. The fourth-order valence-corrected chi connectivity index (χ4v) is 3.23. The topological polar surface area (TPSA) is 35.1 Å². The molecule has 0 N–H and O–H groups in total. The maximum absolute atomic E-state index is 4.66. The van der Waals surface area contributed by atoms with Gasteiger partial charge in [0.1, 0.15) is 10.7 Å². The van der Waals surface area contributed by atoms with Crippen LogP contribution >= 0.6 is 11.8 Å². The van der Waals surface area contributed by atoms with E-state index >= 15 is 0 Å². The van der Waals surface area contributed by atoms with Crippen molar-refractivity contribution in [2.75, 3.05) is 6.26 Å². The third kappa shape index (κ3) is 1.84. The van der Waals surface area contributed by atoms with E-state index in [0.717, 1.165) is 29.2 Å². The summed E-state index contributed by atoms with van der Waals surface area (Å²) in [6.07, 6.45) is 8.31. The molecule has 4 nitrogen and oxygen atoms in total. The SMILES string of the molecule is CCC(CC)n1ccc2c(SC)nc3ccnn3c21. The van der Waals surface area contributed by atoms with Gasteiger partial charge in [0, 0.05) is 18.3 Å². The average molecular weight is 274 g/mol. The first-order valence-corrected chi connectivity index (χ1v) is 7.90. The predicted molar refractivity (Wildman–Crippen MR) is 79.9 cm³/mol. The monoisotopic (exact) mass is 274 g/mol. The van der Waals surface area contributed by atoms with Crippen LogP contribution in [0.25, 0.3) is 16.7 Å². The first-order chi connectivity index (χ1) is 9.30. The molecule has 0 fully saturated rings. The minimum Gasteiger partial charge on any atom is -0.329 e. The second-order valence-electron chi connectivity index (χ2n) is 4.65. The van der Waals surface area contributed by atoms with Gasteiger partial charge in [0.2, 0.25) is 0 Å². The van der Waals surface area contributed by atoms with Gasteiger partial charge in [-0.25, -0.2) is 4.98 Å². The van der Waals surface area contributed by atoms with Crippen molar-refractivity contribution in [3.8, 4) is 0 Å². The molecular formula is C14H18N4S. The van der Waals surface area contributed by atoms with Crippen molar-refractivity contribution in [3.05, 3.63) is 24.5 Å². The van der Waals surface area contributed by atoms with Crippen LogP contribution in [-0.2, 0) is 0 Å². The summed E-state index contributed by atoms with van der Waals surface area (Å²) in [5.41, 5.74) is 2.08. The number of hydrogen-bond donors (Lipinski definition) is 0. The lowest BCUT2D eigenvalue weighted by molar-refractivity contribution is 0.480. The maximum atomic E-state index is 4.66. The van der Waals surface area contributed by atoms with E-state index in [1.807, 2.05) is 16.8 Å². The highest BCUT2D eigenvalue weighted by molar-refractivity contribution is 7.98. The van der Waals surface area contributed by atoms with Gasteiger partial charge in [-0.1, -0.05) is 13.8 Å². The summed E-state index contributed by atoms with van der Waals surface area (Å²) in [6, 6.07) is 4.64. The second-order valence-corrected chi connectivity index (χ2v) is 5.45. The van der Waals surface area contributed by atoms with E-state index < -0.39 is 0 Å². The van der Waals surface area contributed by atoms with E-state index in [2.05, 4.69) is 47.0 Å². The Morgan fingerprint density at radius 2 is 2.05 bits per heavy atom. The first-order valence-electron chi connectivity index (χ1n) is 6.68. The Balaban J connectivity index is 2.38. The Bertz CT molecular complexity index is 709. The summed E-state index contributed by atoms with van der Waals surface area (Å²) in [4.78, 5) is 4.66. The Labute approximate surface area is 116 Å². The van der Waals surface area contributed by atoms with E-state index in [4.69, 9.17) is 0 Å². The van der Waals surface area contributed by atoms with Crippen molar-refractivity contribution in [1.29, 1.82) is 0 Å². The third-order valence-corrected chi connectivity index (χ3v) is 4.38. The van der Waals surface area contributed by atoms with E-state index in [1.165, 1.54) is 5.39 Å². The summed E-state index contributed by atoms with van der Waals surface area (Å²) in [5, 5.41) is 6.70. The fraction of sp³-hybridized carbons (Fsp3) is 0.429. The molecule has 19 heavy (non-hydrogen) atoms. The number of aromatic nitrogens is 4. The summed E-state index contributed by atoms with van der Waals surface area (Å²) < 4.78 is 4.30. The standard InChI is InChI=1S/C14H18N4S/c1-4-10(5-2)17-9-7-11-13(19-3)16-12-6-8-15-18(12)14(11)17/h6-10H,4-5H2,1-3H3. The van der Waals surface area contributed by atoms with Crippen LogP contribution in [-0.4, -0.2) is 25.4 Å². The molecule has 0 amide bonds. The van der Waals surface area contributed by atoms with Crippen LogP contribution in [0.5, 0.6) is 0 Å². The van der Waals surface area contributed by atoms with Gasteiger partial charge in [-0.15, -0.1) is 11.8 Å². The van der Waals surface area contributed by atoms with Gasteiger partial charge in [0.25, 0.3) is 0 Å². The number of thioether (sulfide) groups is 1. The summed E-state index contributed by atoms with van der Waals surface area (Å²) in [6.45, 7) is 4.47. The molecule has 0 saturated heterocycles. The molecule has 0 aliphatic heterocycles. The second kappa shape index (κ2) is 4.89. The molecule has 3 rings (SSSR count). The summed E-state index contributed by atoms with van der Waals surface area (Å²) in [5.74, 6) is 0. The smallest absolute Gasteiger partial charge is 0.158 e.